The highest BCUT2D eigenvalue weighted by atomic mass is 32.2. The molecule has 2 atom stereocenters. The normalized spacial score (nSPS) is 20.3. The number of nitrogens with one attached hydrogen (secondary N) is 1. The summed E-state index contributed by atoms with van der Waals surface area (Å²) in [6.45, 7) is 0. The summed E-state index contributed by atoms with van der Waals surface area (Å²) in [4.78, 5) is 54.9. The summed E-state index contributed by atoms with van der Waals surface area (Å²) >= 11 is 5.29. The van der Waals surface area contributed by atoms with Crippen LogP contribution >= 0.6 is 46.2 Å². The molecule has 0 spiro atoms. The van der Waals surface area contributed by atoms with Gasteiger partial charge < -0.3 is 16.2 Å². The number of fused-ring (bicyclic) bond motifs is 1. The highest BCUT2D eigenvalue weighted by molar-refractivity contribution is 8.07. The summed E-state index contributed by atoms with van der Waals surface area (Å²) in [5, 5.41) is 15.6. The molecule has 0 aromatic carbocycles. The number of thiazole rings is 1. The van der Waals surface area contributed by atoms with Crippen LogP contribution in [-0.4, -0.2) is 55.8 Å². The van der Waals surface area contributed by atoms with Gasteiger partial charge in [-0.1, -0.05) is 17.8 Å². The van der Waals surface area contributed by atoms with Crippen molar-refractivity contribution in [2.24, 2.45) is 5.73 Å². The maximum absolute atomic E-state index is 12.7. The van der Waals surface area contributed by atoms with Crippen LogP contribution in [0, 0.1) is 0 Å². The van der Waals surface area contributed by atoms with Crippen molar-refractivity contribution in [3.8, 4) is 0 Å². The number of carbonyl (C=O) groups excluding carboxylic acids is 3. The monoisotopic (exact) mass is 496 g/mol. The van der Waals surface area contributed by atoms with E-state index < -0.39 is 29.2 Å². The Balaban J connectivity index is 1.47. The molecule has 13 heteroatoms. The van der Waals surface area contributed by atoms with Crippen molar-refractivity contribution in [2.45, 2.75) is 28.6 Å². The Morgan fingerprint density at radius 2 is 2.13 bits per heavy atom. The quantitative estimate of drug-likeness (QED) is 0.464. The maximum Gasteiger partial charge on any atom is 0.353 e. The van der Waals surface area contributed by atoms with Crippen LogP contribution in [0.2, 0.25) is 0 Å². The van der Waals surface area contributed by atoms with Gasteiger partial charge in [0.15, 0.2) is 4.34 Å². The molecule has 3 amide bonds. The van der Waals surface area contributed by atoms with E-state index in [4.69, 9.17) is 5.73 Å². The van der Waals surface area contributed by atoms with E-state index >= 15 is 0 Å². The van der Waals surface area contributed by atoms with Crippen LogP contribution in [0.25, 0.3) is 0 Å². The molecule has 4 heterocycles. The van der Waals surface area contributed by atoms with Crippen molar-refractivity contribution in [3.05, 3.63) is 44.1 Å². The van der Waals surface area contributed by atoms with E-state index in [0.29, 0.717) is 20.7 Å². The number of carboxylic acids is 1. The van der Waals surface area contributed by atoms with Gasteiger partial charge in [-0.2, -0.15) is 0 Å². The topological polar surface area (TPSA) is 143 Å². The van der Waals surface area contributed by atoms with E-state index in [9.17, 15) is 24.3 Å². The lowest BCUT2D eigenvalue weighted by Gasteiger charge is -2.49. The van der Waals surface area contributed by atoms with Gasteiger partial charge in [-0.15, -0.1) is 34.4 Å². The molecule has 0 aliphatic carbocycles. The molecule has 0 unspecified atom stereocenters. The predicted octanol–water partition coefficient (Wildman–Crippen LogP) is 1.26. The maximum atomic E-state index is 12.7. The molecule has 2 aliphatic heterocycles. The zero-order valence-electron chi connectivity index (χ0n) is 15.8. The molecule has 2 aromatic rings. The summed E-state index contributed by atoms with van der Waals surface area (Å²) in [7, 11) is 0. The zero-order chi connectivity index (χ0) is 22.1. The molecule has 1 fully saturated rings. The Bertz CT molecular complexity index is 1080. The van der Waals surface area contributed by atoms with E-state index in [0.717, 1.165) is 16.6 Å². The number of aliphatic carboxylic acids is 1. The summed E-state index contributed by atoms with van der Waals surface area (Å²) in [6.07, 6.45) is 0.190. The molecule has 0 saturated carbocycles. The minimum atomic E-state index is -1.21. The number of carboxylic acid groups (broad SMARTS) is 1. The van der Waals surface area contributed by atoms with E-state index in [1.165, 1.54) is 39.3 Å². The van der Waals surface area contributed by atoms with Gasteiger partial charge in [-0.25, -0.2) is 9.78 Å². The van der Waals surface area contributed by atoms with Gasteiger partial charge in [-0.3, -0.25) is 19.3 Å². The number of rotatable bonds is 8. The van der Waals surface area contributed by atoms with Crippen molar-refractivity contribution in [1.29, 1.82) is 0 Å². The van der Waals surface area contributed by atoms with Crippen LogP contribution in [0.1, 0.15) is 10.6 Å². The lowest BCUT2D eigenvalue weighted by atomic mass is 10.0. The van der Waals surface area contributed by atoms with Crippen molar-refractivity contribution in [1.82, 2.24) is 15.2 Å². The van der Waals surface area contributed by atoms with E-state index in [-0.39, 0.29) is 24.4 Å². The third kappa shape index (κ3) is 4.63. The lowest BCUT2D eigenvalue weighted by molar-refractivity contribution is -0.150. The fourth-order valence-electron chi connectivity index (χ4n) is 3.17. The highest BCUT2D eigenvalue weighted by Gasteiger charge is 2.54. The van der Waals surface area contributed by atoms with Crippen molar-refractivity contribution >= 4 is 69.9 Å². The predicted molar refractivity (Wildman–Crippen MR) is 119 cm³/mol. The second kappa shape index (κ2) is 9.02. The number of nitrogens with zero attached hydrogens (tertiary/aromatic N) is 2. The number of hydrogen-bond acceptors (Lipinski definition) is 9. The third-order valence-electron chi connectivity index (χ3n) is 4.46. The number of amides is 3. The average Bonchev–Trinajstić information content (AvgIpc) is 3.37. The van der Waals surface area contributed by atoms with Gasteiger partial charge in [0.2, 0.25) is 11.8 Å². The molecule has 31 heavy (non-hydrogen) atoms. The van der Waals surface area contributed by atoms with Crippen LogP contribution < -0.4 is 11.1 Å². The molecular formula is C18H16N4O5S4. The Kier molecular flexibility index (Phi) is 6.36. The second-order valence-corrected chi connectivity index (χ2v) is 11.0. The number of thioether (sulfide) groups is 2. The van der Waals surface area contributed by atoms with Crippen molar-refractivity contribution < 1.29 is 24.3 Å². The Labute approximate surface area is 193 Å². The van der Waals surface area contributed by atoms with Crippen molar-refractivity contribution in [2.75, 3.05) is 5.75 Å². The molecule has 9 nitrogen and oxygen atoms in total. The Morgan fingerprint density at radius 3 is 2.81 bits per heavy atom. The fraction of sp³-hybridized carbons (Fsp3) is 0.278. The standard InChI is InChI=1S/C18H16N4O5S4/c19-11(23)4-8-6-30-18(20-8)31-10-7-29-16-13(15(25)22(16)14(10)17(26)27)21-12(24)5-9-2-1-3-28-9/h1-3,6,13,16H,4-5,7H2,(H2,19,23)(H,21,24)(H,26,27)/t13-,16-/m1/s1. The van der Waals surface area contributed by atoms with E-state index in [2.05, 4.69) is 10.3 Å². The van der Waals surface area contributed by atoms with E-state index in [1.54, 1.807) is 5.38 Å². The molecule has 4 N–H and O–H groups in total. The SMILES string of the molecule is NC(=O)Cc1csc(SC2=C(C(=O)O)N3C(=O)[C@@H](NC(=O)Cc4cccs4)[C@H]3SC2)n1. The minimum absolute atomic E-state index is 0.0101. The van der Waals surface area contributed by atoms with Gasteiger partial charge in [-0.05, 0) is 11.4 Å². The van der Waals surface area contributed by atoms with Crippen LogP contribution in [0.15, 0.2) is 37.8 Å². The molecule has 4 rings (SSSR count). The molecule has 2 aliphatic rings. The van der Waals surface area contributed by atoms with Crippen LogP contribution in [0.5, 0.6) is 0 Å². The van der Waals surface area contributed by atoms with E-state index in [1.807, 2.05) is 17.5 Å². The summed E-state index contributed by atoms with van der Waals surface area (Å²) in [5.74, 6) is -2.06. The van der Waals surface area contributed by atoms with Gasteiger partial charge >= 0.3 is 5.97 Å². The first-order valence-corrected chi connectivity index (χ1v) is 12.6. The minimum Gasteiger partial charge on any atom is -0.477 e. The molecule has 0 radical (unpaired) electrons. The molecule has 2 aromatic heterocycles. The van der Waals surface area contributed by atoms with Gasteiger partial charge in [0.25, 0.3) is 5.91 Å². The first kappa shape index (κ1) is 21.9. The second-order valence-electron chi connectivity index (χ2n) is 6.64. The molecular weight excluding hydrogens is 480 g/mol. The summed E-state index contributed by atoms with van der Waals surface area (Å²) < 4.78 is 0.567. The van der Waals surface area contributed by atoms with Crippen molar-refractivity contribution in [3.63, 3.8) is 0 Å². The lowest BCUT2D eigenvalue weighted by Crippen LogP contribution is -2.70. The van der Waals surface area contributed by atoms with Gasteiger partial charge in [0.05, 0.1) is 18.5 Å². The molecule has 0 bridgehead atoms. The number of nitrogens with two attached hydrogens (primary N) is 1. The zero-order valence-corrected chi connectivity index (χ0v) is 19.0. The number of thiophene rings is 1. The third-order valence-corrected chi connectivity index (χ3v) is 8.87. The van der Waals surface area contributed by atoms with Gasteiger partial charge in [0.1, 0.15) is 17.1 Å². The van der Waals surface area contributed by atoms with Gasteiger partial charge in [0, 0.05) is 20.9 Å². The average molecular weight is 497 g/mol. The Morgan fingerprint density at radius 1 is 1.32 bits per heavy atom. The first-order chi connectivity index (χ1) is 14.8. The largest absolute Gasteiger partial charge is 0.477 e. The summed E-state index contributed by atoms with van der Waals surface area (Å²) in [5.41, 5.74) is 5.61. The summed E-state index contributed by atoms with van der Waals surface area (Å²) in [6, 6.07) is 2.94. The van der Waals surface area contributed by atoms with Crippen LogP contribution in [-0.2, 0) is 32.0 Å². The number of carbonyl (C=O) groups is 4. The number of primary amides is 1. The smallest absolute Gasteiger partial charge is 0.353 e. The highest BCUT2D eigenvalue weighted by Crippen LogP contribution is 2.45. The number of hydrogen-bond donors (Lipinski definition) is 3. The Hall–Kier alpha value is -2.35. The molecule has 1 saturated heterocycles. The van der Waals surface area contributed by atoms with Crippen LogP contribution in [0.4, 0.5) is 0 Å². The number of β-lactam (4-membered cyclic amide) rings is 1. The van der Waals surface area contributed by atoms with Crippen LogP contribution in [0.3, 0.4) is 0 Å². The molecule has 162 valence electrons. The fourth-order valence-corrected chi connectivity index (χ4v) is 7.34. The number of aromatic nitrogens is 1. The first-order valence-electron chi connectivity index (χ1n) is 8.97.